The number of Topliss-reactive ketones (excluding diaryl/α,β-unsaturated/α-hetero) is 4. The third-order valence-corrected chi connectivity index (χ3v) is 31.6. The van der Waals surface area contributed by atoms with E-state index in [1.807, 2.05) is 24.3 Å². The van der Waals surface area contributed by atoms with Gasteiger partial charge in [-0.1, -0.05) is 43.5 Å². The standard InChI is InChI=1S/C20H27N5O2S.C19H26N6O2S.C18H17N3O2S.C17H21N5O3S.2C14H16N4O2S/c1-24(15-8-4-2-5-9-15)19-21-14(12-16-18(26)23-20(27)28-16)13-17(22-19)25-10-6-3-7-11-25;1-24(14-6-5-7-20-12-14)16-11-13(10-15-17(26)23-19(27)28-15)21-18(22-16)25-8-3-2-4-9-25;19-11-13-3-1-2-12(8-13)4-5-17-20-7-6-14(21-17)9-16-15(22)10-18(23)24-16;1-10(23)8-13(18)11-3-6-22(7-4-11)16-19-5-2-12(20-16)9-14-15(24)21-17(25)26-14;2*15-9-2-1-5-18(8-9)14-16-4-3-10(17-14)6-12-11(19)7-13(20)21-12/h12-13,15H,2-11H2,1H3,(H,23,26,27);10-11,14,20H,2-9,12H2,1H3,(H,23,26,27);1-3,6-9H,4-5,10-11,19H2;2,5,9,11,13H,3-4,6-8,18H2,1H3,(H,21,24,25);2*3-4,6,9H,1-2,5,7-8,15H2/b16-12-;15-10-;16-9-;14-9-;2*12-6-/t;;;;2*9-/m....10/s1. The van der Waals surface area contributed by atoms with Gasteiger partial charge in [-0.15, -0.1) is 0 Å². The van der Waals surface area contributed by atoms with Crippen LogP contribution in [0.4, 0.5) is 55.8 Å². The van der Waals surface area contributed by atoms with Gasteiger partial charge in [0.25, 0.3) is 33.4 Å². The van der Waals surface area contributed by atoms with Gasteiger partial charge in [0.2, 0.25) is 45.1 Å². The highest BCUT2D eigenvalue weighted by Crippen LogP contribution is 2.38. The molecule has 1 saturated carbocycles. The fourth-order valence-electron chi connectivity index (χ4n) is 18.5. The van der Waals surface area contributed by atoms with Crippen molar-refractivity contribution < 1.29 is 62.3 Å². The van der Waals surface area contributed by atoms with E-state index in [9.17, 15) is 62.3 Å². The zero-order chi connectivity index (χ0) is 104. The van der Waals surface area contributed by atoms with Gasteiger partial charge in [0.15, 0.2) is 17.3 Å². The van der Waals surface area contributed by atoms with Crippen molar-refractivity contribution in [1.82, 2.24) is 81.1 Å². The number of aryl methyl sites for hydroxylation is 2. The van der Waals surface area contributed by atoms with E-state index in [0.29, 0.717) is 137 Å². The molecule has 12 saturated heterocycles. The minimum absolute atomic E-state index is 0.0184. The molecule has 13 aliphatic rings. The van der Waals surface area contributed by atoms with E-state index in [-0.39, 0.29) is 103 Å². The van der Waals surface area contributed by atoms with Crippen LogP contribution in [0.25, 0.3) is 36.5 Å². The molecule has 18 heterocycles. The van der Waals surface area contributed by atoms with Crippen molar-refractivity contribution in [3.05, 3.63) is 166 Å². The average Bonchev–Trinajstić information content (AvgIpc) is 1.08. The molecule has 4 atom stereocenters. The molecule has 780 valence electrons. The van der Waals surface area contributed by atoms with E-state index >= 15 is 0 Å². The lowest BCUT2D eigenvalue weighted by Crippen LogP contribution is -2.44. The van der Waals surface area contributed by atoms with Crippen LogP contribution < -0.4 is 78.5 Å². The molecule has 0 bridgehead atoms. The molecule has 148 heavy (non-hydrogen) atoms. The van der Waals surface area contributed by atoms with Crippen LogP contribution in [0, 0.1) is 5.92 Å². The number of nitrogens with two attached hydrogens (primary N) is 4. The lowest BCUT2D eigenvalue weighted by atomic mass is 9.87. The summed E-state index contributed by atoms with van der Waals surface area (Å²) in [5.74, 6) is 4.65. The maximum Gasteiger partial charge on any atom is 0.290 e. The molecule has 2 unspecified atom stereocenters. The summed E-state index contributed by atoms with van der Waals surface area (Å²) in [6.07, 6.45) is 39.9. The van der Waals surface area contributed by atoms with Gasteiger partial charge in [0.05, 0.1) is 82.9 Å². The second kappa shape index (κ2) is 53.8. The van der Waals surface area contributed by atoms with Crippen LogP contribution >= 0.6 is 70.6 Å². The summed E-state index contributed by atoms with van der Waals surface area (Å²) in [5, 5.41) is 8.90. The number of imide groups is 3. The molecule has 6 amide bonds. The molecule has 13 fully saturated rings. The molecule has 46 heteroatoms. The molecule has 1 aliphatic carbocycles. The zero-order valence-corrected chi connectivity index (χ0v) is 87.8. The Kier molecular flexibility index (Phi) is 39.9. The van der Waals surface area contributed by atoms with E-state index in [0.717, 1.165) is 250 Å². The Morgan fingerprint density at radius 2 is 0.851 bits per heavy atom. The number of nitrogens with zero attached hydrogens (tertiary/aromatic N) is 19. The van der Waals surface area contributed by atoms with Crippen LogP contribution in [0.1, 0.15) is 206 Å². The highest BCUT2D eigenvalue weighted by molar-refractivity contribution is 8.20. The number of thioether (sulfide) groups is 6. The number of rotatable bonds is 22. The lowest BCUT2D eigenvalue weighted by molar-refractivity contribution is -0.120. The van der Waals surface area contributed by atoms with E-state index in [2.05, 4.69) is 122 Å². The Hall–Kier alpha value is -12.3. The number of aromatic nitrogens is 12. The first-order valence-electron chi connectivity index (χ1n) is 50.1. The lowest BCUT2D eigenvalue weighted by Gasteiger charge is -2.34. The molecule has 0 radical (unpaired) electrons. The second-order valence-electron chi connectivity index (χ2n) is 37.7. The number of nitrogens with one attached hydrogen (secondary N) is 4. The summed E-state index contributed by atoms with van der Waals surface area (Å²) >= 11 is 5.67. The van der Waals surface area contributed by atoms with Gasteiger partial charge in [-0.3, -0.25) is 78.3 Å². The van der Waals surface area contributed by atoms with E-state index in [1.165, 1.54) is 50.5 Å². The number of carbonyl (C=O) groups excluding carboxylic acids is 13. The van der Waals surface area contributed by atoms with E-state index in [1.54, 1.807) is 92.4 Å². The maximum atomic E-state index is 12.0. The first kappa shape index (κ1) is 110. The number of benzene rings is 1. The maximum absolute atomic E-state index is 12.0. The average molecular weight is 2130 g/mol. The highest BCUT2D eigenvalue weighted by Gasteiger charge is 2.36. The van der Waals surface area contributed by atoms with Crippen molar-refractivity contribution in [3.63, 3.8) is 0 Å². The number of piperidine rings is 6. The summed E-state index contributed by atoms with van der Waals surface area (Å²) in [5.41, 5.74) is 29.9. The Morgan fingerprint density at radius 1 is 0.419 bits per heavy atom. The zero-order valence-electron chi connectivity index (χ0n) is 82.9. The molecule has 12 aliphatic heterocycles. The van der Waals surface area contributed by atoms with Gasteiger partial charge in [-0.2, -0.15) is 9.97 Å². The van der Waals surface area contributed by atoms with Gasteiger partial charge in [-0.05, 0) is 271 Å². The summed E-state index contributed by atoms with van der Waals surface area (Å²) < 4.78 is 0. The molecular weight excluding hydrogens is 2000 g/mol. The van der Waals surface area contributed by atoms with Gasteiger partial charge in [-0.25, -0.2) is 49.8 Å². The summed E-state index contributed by atoms with van der Waals surface area (Å²) in [6, 6.07) is 19.9. The molecule has 12 N–H and O–H groups in total. The third-order valence-electron chi connectivity index (χ3n) is 26.4. The molecule has 6 aromatic heterocycles. The van der Waals surface area contributed by atoms with Crippen molar-refractivity contribution in [3.8, 4) is 0 Å². The van der Waals surface area contributed by atoms with Crippen molar-refractivity contribution in [2.45, 2.75) is 204 Å². The van der Waals surface area contributed by atoms with Crippen molar-refractivity contribution in [2.75, 3.05) is 127 Å². The molecule has 0 spiro atoms. The molecule has 20 rings (SSSR count). The van der Waals surface area contributed by atoms with Crippen LogP contribution in [-0.4, -0.2) is 255 Å². The fraction of sp³-hybridized carbons (Fsp3) is 0.461. The third kappa shape index (κ3) is 32.2. The Bertz CT molecular complexity index is 6060. The van der Waals surface area contributed by atoms with E-state index in [4.69, 9.17) is 42.9 Å². The van der Waals surface area contributed by atoms with Gasteiger partial charge >= 0.3 is 0 Å². The topological polar surface area (TPSA) is 551 Å². The fourth-order valence-corrected chi connectivity index (χ4v) is 23.0. The van der Waals surface area contributed by atoms with Crippen molar-refractivity contribution in [1.29, 1.82) is 0 Å². The number of hydrogen-bond acceptors (Lipinski definition) is 43. The normalized spacial score (nSPS) is 22.3. The summed E-state index contributed by atoms with van der Waals surface area (Å²) in [6.45, 7) is 12.8. The Balaban J connectivity index is 0.000000133. The number of likely N-dealkylation sites (N-methyl/N-ethyl adjacent to an activating group) is 1. The smallest absolute Gasteiger partial charge is 0.290 e. The minimum Gasteiger partial charge on any atom is -0.356 e. The quantitative estimate of drug-likeness (QED) is 0.0231. The number of carbonyl (C=O) groups is 13. The van der Waals surface area contributed by atoms with Crippen LogP contribution in [0.5, 0.6) is 0 Å². The molecule has 1 aromatic carbocycles. The molecule has 7 aromatic rings. The number of amides is 6. The first-order chi connectivity index (χ1) is 71.5. The SMILES string of the molecule is CC(=O)CC(N)C1CCN(c2nccc(/C=C3\SC(=O)NC3=O)n2)CC1.CN(c1cc(/C=C2\SC(=O)NC2=O)nc(N2CCCCC2)n1)C1CCCNC1.CN(c1nc(/C=C2\SC(=O)NC2=O)cc(N2CCCCC2)n1)C1CCCCC1.NCc1cccc(CCc2nccc(/C=C3\SC(=O)CC3=O)n2)c1.N[C@@H]1CCCN(c2nccc(/C=C3\SC(=O)CC3=O)n2)C1.N[C@H]1CCCN(c2nccc(/C=C3\SC(=O)CC3=O)n2)C1. The largest absolute Gasteiger partial charge is 0.356 e. The molecule has 40 nitrogen and oxygen atoms in total. The minimum atomic E-state index is -0.402. The van der Waals surface area contributed by atoms with Crippen LogP contribution in [0.3, 0.4) is 0 Å². The van der Waals surface area contributed by atoms with Crippen molar-refractivity contribution >= 4 is 220 Å². The second-order valence-corrected chi connectivity index (χ2v) is 44.0. The van der Waals surface area contributed by atoms with Gasteiger partial charge in [0, 0.05) is 173 Å². The highest BCUT2D eigenvalue weighted by atomic mass is 32.2. The Morgan fingerprint density at radius 3 is 1.31 bits per heavy atom. The molecular formula is C102H123N27O13S6. The number of hydrogen-bond donors (Lipinski definition) is 8. The van der Waals surface area contributed by atoms with Crippen LogP contribution in [0.2, 0.25) is 0 Å². The van der Waals surface area contributed by atoms with Crippen molar-refractivity contribution in [2.24, 2.45) is 28.9 Å². The predicted molar refractivity (Wildman–Crippen MR) is 581 cm³/mol. The number of anilines is 7. The summed E-state index contributed by atoms with van der Waals surface area (Å²) in [7, 11) is 4.14. The van der Waals surface area contributed by atoms with Gasteiger partial charge < -0.3 is 62.6 Å². The Labute approximate surface area is 883 Å². The number of allylic oxidation sites excluding steroid dienone is 3. The number of ketones is 4. The summed E-state index contributed by atoms with van der Waals surface area (Å²) in [4.78, 5) is 222. The van der Waals surface area contributed by atoms with E-state index < -0.39 is 5.91 Å². The van der Waals surface area contributed by atoms with Gasteiger partial charge in [0.1, 0.15) is 23.2 Å². The van der Waals surface area contributed by atoms with Crippen LogP contribution in [-0.2, 0) is 67.3 Å². The first-order valence-corrected chi connectivity index (χ1v) is 55.0. The monoisotopic (exact) mass is 2130 g/mol. The van der Waals surface area contributed by atoms with Crippen LogP contribution in [0.15, 0.2) is 115 Å². The predicted octanol–water partition coefficient (Wildman–Crippen LogP) is 11.1.